The van der Waals surface area contributed by atoms with Crippen molar-refractivity contribution in [1.82, 2.24) is 0 Å². The van der Waals surface area contributed by atoms with Crippen molar-refractivity contribution in [3.8, 4) is 0 Å². The third-order valence-corrected chi connectivity index (χ3v) is 6.41. The van der Waals surface area contributed by atoms with E-state index in [-0.39, 0.29) is 7.92 Å². The Labute approximate surface area is 97.0 Å². The van der Waals surface area contributed by atoms with Crippen LogP contribution >= 0.6 is 23.9 Å². The second kappa shape index (κ2) is 5.28. The number of benzene rings is 1. The molecule has 0 radical (unpaired) electrons. The summed E-state index contributed by atoms with van der Waals surface area (Å²) in [6, 6.07) is 8.63. The lowest BCUT2D eigenvalue weighted by Crippen LogP contribution is -2.15. The van der Waals surface area contributed by atoms with Crippen LogP contribution in [0.15, 0.2) is 28.7 Å². The van der Waals surface area contributed by atoms with Crippen molar-refractivity contribution >= 4 is 29.2 Å². The molecule has 1 aromatic carbocycles. The first-order valence-corrected chi connectivity index (χ1v) is 7.34. The molecule has 0 N–H and O–H groups in total. The number of hydrogen-bond acceptors (Lipinski definition) is 0. The van der Waals surface area contributed by atoms with Gasteiger partial charge in [-0.3, -0.25) is 0 Å². The highest BCUT2D eigenvalue weighted by Gasteiger charge is 2.20. The highest BCUT2D eigenvalue weighted by atomic mass is 79.9. The molecule has 0 aliphatic rings. The van der Waals surface area contributed by atoms with Gasteiger partial charge in [0.1, 0.15) is 0 Å². The molecule has 1 aromatic rings. The fourth-order valence-electron chi connectivity index (χ4n) is 1.81. The van der Waals surface area contributed by atoms with Crippen LogP contribution in [0.4, 0.5) is 0 Å². The van der Waals surface area contributed by atoms with E-state index < -0.39 is 0 Å². The van der Waals surface area contributed by atoms with Crippen LogP contribution in [-0.2, 0) is 0 Å². The summed E-state index contributed by atoms with van der Waals surface area (Å²) >= 11 is 3.65. The van der Waals surface area contributed by atoms with Crippen molar-refractivity contribution in [3.05, 3.63) is 28.7 Å². The Hall–Kier alpha value is 0.130. The molecule has 2 heteroatoms. The minimum atomic E-state index is -0.0415. The predicted octanol–water partition coefficient (Wildman–Crippen LogP) is 4.37. The Morgan fingerprint density at radius 3 is 1.93 bits per heavy atom. The van der Waals surface area contributed by atoms with Gasteiger partial charge in [0, 0.05) is 4.47 Å². The highest BCUT2D eigenvalue weighted by molar-refractivity contribution is 9.10. The zero-order valence-electron chi connectivity index (χ0n) is 9.29. The van der Waals surface area contributed by atoms with Gasteiger partial charge in [-0.25, -0.2) is 0 Å². The normalized spacial score (nSPS) is 11.7. The minimum Gasteiger partial charge on any atom is -0.0688 e. The van der Waals surface area contributed by atoms with Crippen LogP contribution in [0.25, 0.3) is 0 Å². The van der Waals surface area contributed by atoms with Crippen LogP contribution < -0.4 is 5.30 Å². The van der Waals surface area contributed by atoms with Gasteiger partial charge in [-0.2, -0.15) is 0 Å². The fraction of sp³-hybridized carbons (Fsp3) is 0.500. The van der Waals surface area contributed by atoms with E-state index in [0.717, 1.165) is 11.3 Å². The van der Waals surface area contributed by atoms with E-state index >= 15 is 0 Å². The van der Waals surface area contributed by atoms with Crippen molar-refractivity contribution in [2.75, 3.05) is 0 Å². The molecule has 1 rings (SSSR count). The third kappa shape index (κ3) is 2.81. The van der Waals surface area contributed by atoms with Gasteiger partial charge >= 0.3 is 0 Å². The molecule has 0 bridgehead atoms. The lowest BCUT2D eigenvalue weighted by atomic mass is 10.4. The summed E-state index contributed by atoms with van der Waals surface area (Å²) in [4.78, 5) is 0. The van der Waals surface area contributed by atoms with E-state index in [1.807, 2.05) is 0 Å². The average molecular weight is 273 g/mol. The van der Waals surface area contributed by atoms with Crippen LogP contribution in [-0.4, -0.2) is 11.3 Å². The molecule has 78 valence electrons. The van der Waals surface area contributed by atoms with Crippen molar-refractivity contribution in [2.45, 2.75) is 39.0 Å². The number of halogens is 1. The maximum atomic E-state index is 3.65. The molecule has 0 fully saturated rings. The molecule has 0 aromatic heterocycles. The zero-order chi connectivity index (χ0) is 10.7. The van der Waals surface area contributed by atoms with Crippen molar-refractivity contribution < 1.29 is 0 Å². The van der Waals surface area contributed by atoms with E-state index in [1.165, 1.54) is 9.78 Å². The Bertz CT molecular complexity index is 286. The molecule has 0 aliphatic carbocycles. The van der Waals surface area contributed by atoms with Gasteiger partial charge < -0.3 is 0 Å². The first kappa shape index (κ1) is 12.2. The van der Waals surface area contributed by atoms with Gasteiger partial charge in [0.25, 0.3) is 0 Å². The van der Waals surface area contributed by atoms with Crippen LogP contribution in [0.2, 0.25) is 0 Å². The summed E-state index contributed by atoms with van der Waals surface area (Å²) in [5.41, 5.74) is 1.51. The first-order valence-electron chi connectivity index (χ1n) is 5.07. The first-order chi connectivity index (χ1) is 6.54. The molecular formula is C12H18BrP. The van der Waals surface area contributed by atoms with Crippen LogP contribution in [0, 0.1) is 0 Å². The molecule has 0 amide bonds. The largest absolute Gasteiger partial charge is 0.0688 e. The second-order valence-electron chi connectivity index (χ2n) is 4.05. The molecule has 0 aliphatic heterocycles. The van der Waals surface area contributed by atoms with Crippen molar-refractivity contribution in [1.29, 1.82) is 0 Å². The van der Waals surface area contributed by atoms with Gasteiger partial charge in [-0.05, 0) is 22.7 Å². The SMILES string of the molecule is CC(C)P(c1ccccc1Br)C(C)C. The van der Waals surface area contributed by atoms with Crippen LogP contribution in [0.1, 0.15) is 27.7 Å². The molecule has 0 saturated carbocycles. The molecule has 14 heavy (non-hydrogen) atoms. The maximum absolute atomic E-state index is 3.65. The summed E-state index contributed by atoms with van der Waals surface area (Å²) in [5.74, 6) is 0. The van der Waals surface area contributed by atoms with Gasteiger partial charge in [-0.1, -0.05) is 69.7 Å². The summed E-state index contributed by atoms with van der Waals surface area (Å²) < 4.78 is 1.27. The van der Waals surface area contributed by atoms with E-state index in [0.29, 0.717) is 0 Å². The molecule has 0 unspecified atom stereocenters. The summed E-state index contributed by atoms with van der Waals surface area (Å²) in [5, 5.41) is 1.51. The van der Waals surface area contributed by atoms with E-state index in [4.69, 9.17) is 0 Å². The van der Waals surface area contributed by atoms with Gasteiger partial charge in [0.2, 0.25) is 0 Å². The van der Waals surface area contributed by atoms with E-state index in [2.05, 4.69) is 67.9 Å². The number of hydrogen-bond donors (Lipinski definition) is 0. The van der Waals surface area contributed by atoms with Crippen LogP contribution in [0.5, 0.6) is 0 Å². The minimum absolute atomic E-state index is 0.0415. The quantitative estimate of drug-likeness (QED) is 0.717. The molecule has 0 saturated heterocycles. The lowest BCUT2D eigenvalue weighted by Gasteiger charge is -2.27. The second-order valence-corrected chi connectivity index (χ2v) is 8.26. The summed E-state index contributed by atoms with van der Waals surface area (Å²) in [7, 11) is -0.0415. The lowest BCUT2D eigenvalue weighted by molar-refractivity contribution is 1.02. The van der Waals surface area contributed by atoms with E-state index in [1.54, 1.807) is 0 Å². The van der Waals surface area contributed by atoms with E-state index in [9.17, 15) is 0 Å². The Kier molecular flexibility index (Phi) is 4.60. The third-order valence-electron chi connectivity index (χ3n) is 2.24. The molecule has 0 heterocycles. The standard InChI is InChI=1S/C12H18BrP/c1-9(2)14(10(3)4)12-8-6-5-7-11(12)13/h5-10H,1-4H3. The van der Waals surface area contributed by atoms with Crippen molar-refractivity contribution in [2.24, 2.45) is 0 Å². The Morgan fingerprint density at radius 1 is 1.00 bits per heavy atom. The highest BCUT2D eigenvalue weighted by Crippen LogP contribution is 2.46. The average Bonchev–Trinajstić information content (AvgIpc) is 2.07. The molecular weight excluding hydrogens is 255 g/mol. The predicted molar refractivity (Wildman–Crippen MR) is 71.0 cm³/mol. The molecule has 0 nitrogen and oxygen atoms in total. The fourth-order valence-corrected chi connectivity index (χ4v) is 5.60. The Morgan fingerprint density at radius 2 is 1.50 bits per heavy atom. The van der Waals surface area contributed by atoms with Gasteiger partial charge in [0.15, 0.2) is 0 Å². The zero-order valence-corrected chi connectivity index (χ0v) is 11.8. The van der Waals surface area contributed by atoms with Crippen molar-refractivity contribution in [3.63, 3.8) is 0 Å². The van der Waals surface area contributed by atoms with Gasteiger partial charge in [-0.15, -0.1) is 0 Å². The smallest absolute Gasteiger partial charge is 0.0252 e. The summed E-state index contributed by atoms with van der Waals surface area (Å²) in [6.07, 6.45) is 0. The molecule has 0 spiro atoms. The monoisotopic (exact) mass is 272 g/mol. The van der Waals surface area contributed by atoms with Gasteiger partial charge in [0.05, 0.1) is 0 Å². The number of rotatable bonds is 3. The molecule has 0 atom stereocenters. The van der Waals surface area contributed by atoms with Crippen LogP contribution in [0.3, 0.4) is 0 Å². The Balaban J connectivity index is 3.05. The summed E-state index contributed by atoms with van der Waals surface area (Å²) in [6.45, 7) is 9.30. The maximum Gasteiger partial charge on any atom is 0.0252 e. The topological polar surface area (TPSA) is 0 Å².